The lowest BCUT2D eigenvalue weighted by Gasteiger charge is -2.09. The summed E-state index contributed by atoms with van der Waals surface area (Å²) in [5.41, 5.74) is 8.78. The molecule has 0 spiro atoms. The van der Waals surface area contributed by atoms with Crippen molar-refractivity contribution in [3.63, 3.8) is 0 Å². The minimum atomic E-state index is 0.174. The molecule has 1 aromatic carbocycles. The summed E-state index contributed by atoms with van der Waals surface area (Å²) in [5, 5.41) is 8.96. The zero-order valence-electron chi connectivity index (χ0n) is 17.3. The molecule has 0 bridgehead atoms. The van der Waals surface area contributed by atoms with E-state index in [1.54, 1.807) is 7.11 Å². The molecule has 0 amide bonds. The number of aliphatic hydroxyl groups is 1. The van der Waals surface area contributed by atoms with Crippen molar-refractivity contribution in [2.75, 3.05) is 27.1 Å². The first-order valence-electron chi connectivity index (χ1n) is 9.82. The van der Waals surface area contributed by atoms with E-state index in [9.17, 15) is 0 Å². The zero-order chi connectivity index (χ0) is 21.1. The highest BCUT2D eigenvalue weighted by Crippen LogP contribution is 2.27. The summed E-state index contributed by atoms with van der Waals surface area (Å²) in [6.07, 6.45) is 3.65. The molecule has 0 aliphatic carbocycles. The topological polar surface area (TPSA) is 107 Å². The van der Waals surface area contributed by atoms with Gasteiger partial charge in [0.1, 0.15) is 6.73 Å². The molecule has 8 heteroatoms. The van der Waals surface area contributed by atoms with E-state index in [0.29, 0.717) is 30.7 Å². The van der Waals surface area contributed by atoms with Gasteiger partial charge in [-0.2, -0.15) is 4.98 Å². The lowest BCUT2D eigenvalue weighted by Crippen LogP contribution is -2.15. The van der Waals surface area contributed by atoms with Gasteiger partial charge in [-0.05, 0) is 37.1 Å². The first-order chi connectivity index (χ1) is 14.1. The number of methoxy groups -OCH3 is 1. The molecular formula is C21H31N5O3. The normalized spacial score (nSPS) is 11.6. The van der Waals surface area contributed by atoms with E-state index in [1.165, 1.54) is 5.56 Å². The van der Waals surface area contributed by atoms with Crippen molar-refractivity contribution in [2.45, 2.75) is 39.2 Å². The summed E-state index contributed by atoms with van der Waals surface area (Å²) in [6, 6.07) is 8.58. The number of aliphatic hydroxyl groups excluding tert-OH is 1. The van der Waals surface area contributed by atoms with Crippen molar-refractivity contribution in [1.29, 1.82) is 0 Å². The van der Waals surface area contributed by atoms with Crippen LogP contribution in [-0.4, -0.2) is 54.3 Å². The van der Waals surface area contributed by atoms with Gasteiger partial charge in [-0.3, -0.25) is 4.57 Å². The number of hydrogen-bond acceptors (Lipinski definition) is 6. The summed E-state index contributed by atoms with van der Waals surface area (Å²) in [6.45, 7) is 7.28. The smallest absolute Gasteiger partial charge is 0.298 e. The van der Waals surface area contributed by atoms with Gasteiger partial charge in [0.15, 0.2) is 17.3 Å². The van der Waals surface area contributed by atoms with Crippen molar-refractivity contribution in [2.24, 2.45) is 15.7 Å². The standard InChI is InChI=1S/C21H31N5O3/c1-4-5-13-29-15-24-19(22)18-20(23-2)26(21(25-18)28-3)14-17-10-8-16(9-11-17)7-6-12-27/h8-11,27H,2,4-7,12-15H2,1,3H3,(H2,22,24). The molecule has 29 heavy (non-hydrogen) atoms. The molecule has 1 aromatic heterocycles. The fraction of sp³-hybridized carbons (Fsp3) is 0.476. The van der Waals surface area contributed by atoms with Crippen LogP contribution in [0.2, 0.25) is 0 Å². The molecule has 0 fully saturated rings. The number of ether oxygens (including phenoxy) is 2. The quantitative estimate of drug-likeness (QED) is 0.305. The Morgan fingerprint density at radius 2 is 1.97 bits per heavy atom. The molecule has 8 nitrogen and oxygen atoms in total. The van der Waals surface area contributed by atoms with Crippen LogP contribution >= 0.6 is 0 Å². The lowest BCUT2D eigenvalue weighted by atomic mass is 10.1. The summed E-state index contributed by atoms with van der Waals surface area (Å²) in [7, 11) is 1.55. The largest absolute Gasteiger partial charge is 0.468 e. The summed E-state index contributed by atoms with van der Waals surface area (Å²) in [4.78, 5) is 12.8. The van der Waals surface area contributed by atoms with Gasteiger partial charge < -0.3 is 20.3 Å². The molecule has 3 N–H and O–H groups in total. The molecule has 0 unspecified atom stereocenters. The second-order valence-corrected chi connectivity index (χ2v) is 6.59. The van der Waals surface area contributed by atoms with E-state index in [2.05, 4.69) is 40.7 Å². The third-order valence-corrected chi connectivity index (χ3v) is 4.44. The van der Waals surface area contributed by atoms with Gasteiger partial charge >= 0.3 is 0 Å². The van der Waals surface area contributed by atoms with Crippen molar-refractivity contribution >= 4 is 18.4 Å². The molecule has 1 heterocycles. The Hall–Kier alpha value is -2.71. The predicted molar refractivity (Wildman–Crippen MR) is 115 cm³/mol. The number of aliphatic imine (C=N–C) groups is 2. The van der Waals surface area contributed by atoms with E-state index in [-0.39, 0.29) is 19.2 Å². The maximum absolute atomic E-state index is 8.96. The Morgan fingerprint density at radius 1 is 1.24 bits per heavy atom. The van der Waals surface area contributed by atoms with E-state index in [0.717, 1.165) is 31.2 Å². The molecule has 0 saturated carbocycles. The number of hydrogen-bond donors (Lipinski definition) is 2. The van der Waals surface area contributed by atoms with Crippen LogP contribution in [0.1, 0.15) is 43.0 Å². The number of nitrogens with zero attached hydrogens (tertiary/aromatic N) is 4. The summed E-state index contributed by atoms with van der Waals surface area (Å²) >= 11 is 0. The molecule has 158 valence electrons. The number of amidine groups is 1. The van der Waals surface area contributed by atoms with Crippen LogP contribution in [-0.2, 0) is 17.7 Å². The fourth-order valence-electron chi connectivity index (χ4n) is 2.83. The van der Waals surface area contributed by atoms with Crippen molar-refractivity contribution < 1.29 is 14.6 Å². The van der Waals surface area contributed by atoms with Crippen molar-refractivity contribution in [3.05, 3.63) is 41.1 Å². The predicted octanol–water partition coefficient (Wildman–Crippen LogP) is 2.68. The maximum atomic E-state index is 8.96. The maximum Gasteiger partial charge on any atom is 0.298 e. The third-order valence-electron chi connectivity index (χ3n) is 4.44. The van der Waals surface area contributed by atoms with Crippen LogP contribution in [0.25, 0.3) is 0 Å². The van der Waals surface area contributed by atoms with Crippen molar-refractivity contribution in [3.8, 4) is 6.01 Å². The number of aromatic nitrogens is 2. The Morgan fingerprint density at radius 3 is 2.59 bits per heavy atom. The number of benzene rings is 1. The van der Waals surface area contributed by atoms with Crippen LogP contribution in [0.15, 0.2) is 34.3 Å². The number of unbranched alkanes of at least 4 members (excludes halogenated alkanes) is 1. The van der Waals surface area contributed by atoms with Gasteiger partial charge in [0, 0.05) is 13.2 Å². The molecular weight excluding hydrogens is 370 g/mol. The Balaban J connectivity index is 2.19. The highest BCUT2D eigenvalue weighted by atomic mass is 16.5. The summed E-state index contributed by atoms with van der Waals surface area (Å²) < 4.78 is 12.7. The minimum Gasteiger partial charge on any atom is -0.468 e. The Kier molecular flexibility index (Phi) is 9.33. The molecule has 0 aliphatic rings. The van der Waals surface area contributed by atoms with Crippen LogP contribution < -0.4 is 10.5 Å². The van der Waals surface area contributed by atoms with Crippen LogP contribution in [0.4, 0.5) is 5.82 Å². The first kappa shape index (κ1) is 22.6. The van der Waals surface area contributed by atoms with E-state index in [1.807, 2.05) is 16.7 Å². The molecule has 0 saturated heterocycles. The zero-order valence-corrected chi connectivity index (χ0v) is 17.3. The van der Waals surface area contributed by atoms with Crippen molar-refractivity contribution in [1.82, 2.24) is 9.55 Å². The minimum absolute atomic E-state index is 0.174. The lowest BCUT2D eigenvalue weighted by molar-refractivity contribution is 0.139. The van der Waals surface area contributed by atoms with Gasteiger partial charge in [0.2, 0.25) is 0 Å². The second kappa shape index (κ2) is 12.0. The SMILES string of the molecule is C=Nc1c(/C(N)=N\COCCCC)nc(OC)n1Cc1ccc(CCCO)cc1. The highest BCUT2D eigenvalue weighted by Gasteiger charge is 2.20. The van der Waals surface area contributed by atoms with Gasteiger partial charge in [-0.15, -0.1) is 0 Å². The average molecular weight is 402 g/mol. The fourth-order valence-corrected chi connectivity index (χ4v) is 2.83. The van der Waals surface area contributed by atoms with Gasteiger partial charge in [0.05, 0.1) is 13.7 Å². The van der Waals surface area contributed by atoms with Crippen LogP contribution in [0.3, 0.4) is 0 Å². The molecule has 2 aromatic rings. The number of rotatable bonds is 13. The van der Waals surface area contributed by atoms with Gasteiger partial charge in [-0.25, -0.2) is 9.98 Å². The number of aryl methyl sites for hydroxylation is 1. The molecule has 0 radical (unpaired) electrons. The van der Waals surface area contributed by atoms with E-state index in [4.69, 9.17) is 20.3 Å². The van der Waals surface area contributed by atoms with E-state index >= 15 is 0 Å². The Labute approximate surface area is 172 Å². The molecule has 0 atom stereocenters. The third kappa shape index (κ3) is 6.40. The van der Waals surface area contributed by atoms with Gasteiger partial charge in [0.25, 0.3) is 6.01 Å². The number of imidazole rings is 1. The monoisotopic (exact) mass is 401 g/mol. The molecule has 0 aliphatic heterocycles. The Bertz CT molecular complexity index is 799. The van der Waals surface area contributed by atoms with Gasteiger partial charge in [-0.1, -0.05) is 37.6 Å². The summed E-state index contributed by atoms with van der Waals surface area (Å²) in [5.74, 6) is 0.737. The molecule has 2 rings (SSSR count). The second-order valence-electron chi connectivity index (χ2n) is 6.59. The average Bonchev–Trinajstić information content (AvgIpc) is 3.10. The first-order valence-corrected chi connectivity index (χ1v) is 9.82. The highest BCUT2D eigenvalue weighted by molar-refractivity contribution is 6.00. The van der Waals surface area contributed by atoms with Crippen LogP contribution in [0, 0.1) is 0 Å². The van der Waals surface area contributed by atoms with Crippen LogP contribution in [0.5, 0.6) is 6.01 Å². The number of nitrogens with two attached hydrogens (primary N) is 1. The van der Waals surface area contributed by atoms with E-state index < -0.39 is 0 Å².